The molecule has 0 spiro atoms. The van der Waals surface area contributed by atoms with E-state index in [-0.39, 0.29) is 11.6 Å². The number of hydrogen-bond donors (Lipinski definition) is 3. The summed E-state index contributed by atoms with van der Waals surface area (Å²) >= 11 is 0. The van der Waals surface area contributed by atoms with Gasteiger partial charge in [0.1, 0.15) is 0 Å². The van der Waals surface area contributed by atoms with Crippen molar-refractivity contribution in [3.63, 3.8) is 0 Å². The van der Waals surface area contributed by atoms with Crippen LogP contribution >= 0.6 is 0 Å². The quantitative estimate of drug-likeness (QED) is 0.772. The van der Waals surface area contributed by atoms with Crippen molar-refractivity contribution in [1.82, 2.24) is 10.6 Å². The molecule has 0 radical (unpaired) electrons. The highest BCUT2D eigenvalue weighted by Gasteiger charge is 2.29. The minimum atomic E-state index is -0.105. The zero-order valence-corrected chi connectivity index (χ0v) is 13.3. The van der Waals surface area contributed by atoms with E-state index in [9.17, 15) is 4.79 Å². The number of carbonyl (C=O) groups is 1. The first-order valence-corrected chi connectivity index (χ1v) is 7.95. The van der Waals surface area contributed by atoms with Gasteiger partial charge in [-0.05, 0) is 50.9 Å². The zero-order valence-electron chi connectivity index (χ0n) is 13.3. The number of nitrogens with one attached hydrogen (secondary N) is 3. The summed E-state index contributed by atoms with van der Waals surface area (Å²) in [6.07, 6.45) is 4.54. The van der Waals surface area contributed by atoms with Crippen molar-refractivity contribution in [1.29, 1.82) is 0 Å². The first-order chi connectivity index (χ1) is 10.0. The first kappa shape index (κ1) is 15.8. The monoisotopic (exact) mass is 289 g/mol. The van der Waals surface area contributed by atoms with Crippen LogP contribution < -0.4 is 16.0 Å². The van der Waals surface area contributed by atoms with Gasteiger partial charge in [0.05, 0.1) is 0 Å². The molecule has 0 saturated heterocycles. The summed E-state index contributed by atoms with van der Waals surface area (Å²) in [5.74, 6) is 0. The van der Waals surface area contributed by atoms with Crippen molar-refractivity contribution in [2.45, 2.75) is 58.0 Å². The van der Waals surface area contributed by atoms with Gasteiger partial charge in [-0.3, -0.25) is 0 Å². The minimum absolute atomic E-state index is 0.0381. The number of carbonyl (C=O) groups excluding carboxylic acids is 1. The van der Waals surface area contributed by atoms with Crippen LogP contribution in [0.2, 0.25) is 0 Å². The number of rotatable bonds is 5. The topological polar surface area (TPSA) is 53.2 Å². The van der Waals surface area contributed by atoms with Gasteiger partial charge in [0, 0.05) is 17.3 Å². The largest absolute Gasteiger partial charge is 0.333 e. The van der Waals surface area contributed by atoms with Crippen LogP contribution in [0, 0.1) is 0 Å². The second kappa shape index (κ2) is 6.94. The summed E-state index contributed by atoms with van der Waals surface area (Å²) in [5, 5.41) is 9.40. The van der Waals surface area contributed by atoms with Crippen LogP contribution in [-0.4, -0.2) is 18.1 Å². The average molecular weight is 289 g/mol. The van der Waals surface area contributed by atoms with Crippen LogP contribution in [0.3, 0.4) is 0 Å². The van der Waals surface area contributed by atoms with Crippen molar-refractivity contribution in [3.8, 4) is 0 Å². The van der Waals surface area contributed by atoms with Crippen LogP contribution in [-0.2, 0) is 0 Å². The molecule has 1 unspecified atom stereocenters. The van der Waals surface area contributed by atoms with Crippen LogP contribution in [0.25, 0.3) is 0 Å². The highest BCUT2D eigenvalue weighted by atomic mass is 16.2. The van der Waals surface area contributed by atoms with E-state index in [2.05, 4.69) is 48.9 Å². The molecule has 1 saturated carbocycles. The fraction of sp³-hybridized carbons (Fsp3) is 0.588. The van der Waals surface area contributed by atoms with Gasteiger partial charge in [0.2, 0.25) is 0 Å². The third-order valence-electron chi connectivity index (χ3n) is 4.30. The summed E-state index contributed by atoms with van der Waals surface area (Å²) in [6, 6.07) is 8.25. The van der Waals surface area contributed by atoms with Crippen LogP contribution in [0.15, 0.2) is 24.3 Å². The number of anilines is 1. The standard InChI is InChI=1S/C17H27N3O/c1-4-18-13(2)14-7-9-15(10-8-14)19-16(21)20-17(3)11-5-6-12-17/h7-10,13,18H,4-6,11-12H2,1-3H3,(H2,19,20,21). The molecule has 0 bridgehead atoms. The lowest BCUT2D eigenvalue weighted by Crippen LogP contribution is -2.45. The highest BCUT2D eigenvalue weighted by Crippen LogP contribution is 2.28. The van der Waals surface area contributed by atoms with Crippen molar-refractivity contribution < 1.29 is 4.79 Å². The molecule has 0 heterocycles. The zero-order chi connectivity index (χ0) is 15.3. The molecule has 1 atom stereocenters. The highest BCUT2D eigenvalue weighted by molar-refractivity contribution is 5.89. The Labute approximate surface area is 127 Å². The Bertz CT molecular complexity index is 463. The molecular formula is C17H27N3O. The Hall–Kier alpha value is -1.55. The number of benzene rings is 1. The molecule has 1 aliphatic rings. The summed E-state index contributed by atoms with van der Waals surface area (Å²) in [7, 11) is 0. The van der Waals surface area contributed by atoms with Crippen LogP contribution in [0.1, 0.15) is 58.1 Å². The second-order valence-electron chi connectivity index (χ2n) is 6.25. The lowest BCUT2D eigenvalue weighted by atomic mass is 10.0. The molecule has 1 aliphatic carbocycles. The van der Waals surface area contributed by atoms with Gasteiger partial charge < -0.3 is 16.0 Å². The molecule has 2 amide bonds. The lowest BCUT2D eigenvalue weighted by molar-refractivity contribution is 0.239. The predicted molar refractivity (Wildman–Crippen MR) is 87.6 cm³/mol. The minimum Gasteiger partial charge on any atom is -0.333 e. The molecule has 116 valence electrons. The van der Waals surface area contributed by atoms with Crippen LogP contribution in [0.4, 0.5) is 10.5 Å². The van der Waals surface area contributed by atoms with Crippen molar-refractivity contribution in [2.75, 3.05) is 11.9 Å². The molecule has 1 fully saturated rings. The van der Waals surface area contributed by atoms with Gasteiger partial charge in [-0.2, -0.15) is 0 Å². The molecule has 21 heavy (non-hydrogen) atoms. The Morgan fingerprint density at radius 3 is 2.43 bits per heavy atom. The molecule has 4 nitrogen and oxygen atoms in total. The van der Waals surface area contributed by atoms with Gasteiger partial charge in [-0.15, -0.1) is 0 Å². The molecular weight excluding hydrogens is 262 g/mol. The summed E-state index contributed by atoms with van der Waals surface area (Å²) in [4.78, 5) is 12.1. The number of hydrogen-bond acceptors (Lipinski definition) is 2. The van der Waals surface area contributed by atoms with E-state index >= 15 is 0 Å². The van der Waals surface area contributed by atoms with Crippen LogP contribution in [0.5, 0.6) is 0 Å². The maximum Gasteiger partial charge on any atom is 0.319 e. The smallest absolute Gasteiger partial charge is 0.319 e. The second-order valence-corrected chi connectivity index (χ2v) is 6.25. The third kappa shape index (κ3) is 4.46. The maximum atomic E-state index is 12.1. The van der Waals surface area contributed by atoms with Gasteiger partial charge in [-0.25, -0.2) is 4.79 Å². The summed E-state index contributed by atoms with van der Waals surface area (Å²) in [5.41, 5.74) is 2.02. The Kier molecular flexibility index (Phi) is 5.23. The molecule has 3 N–H and O–H groups in total. The van der Waals surface area contributed by atoms with E-state index in [1.54, 1.807) is 0 Å². The predicted octanol–water partition coefficient (Wildman–Crippen LogP) is 3.81. The van der Waals surface area contributed by atoms with Crippen molar-refractivity contribution in [2.24, 2.45) is 0 Å². The number of urea groups is 1. The van der Waals surface area contributed by atoms with Gasteiger partial charge >= 0.3 is 6.03 Å². The van der Waals surface area contributed by atoms with E-state index in [0.29, 0.717) is 6.04 Å². The van der Waals surface area contributed by atoms with Crippen molar-refractivity contribution in [3.05, 3.63) is 29.8 Å². The molecule has 1 aromatic carbocycles. The molecule has 2 rings (SSSR count). The van der Waals surface area contributed by atoms with E-state index in [4.69, 9.17) is 0 Å². The normalized spacial score (nSPS) is 18.2. The Balaban J connectivity index is 1.89. The van der Waals surface area contributed by atoms with E-state index < -0.39 is 0 Å². The number of amides is 2. The Morgan fingerprint density at radius 2 is 1.86 bits per heavy atom. The van der Waals surface area contributed by atoms with E-state index in [1.165, 1.54) is 18.4 Å². The molecule has 4 heteroatoms. The Morgan fingerprint density at radius 1 is 1.24 bits per heavy atom. The molecule has 0 aliphatic heterocycles. The summed E-state index contributed by atoms with van der Waals surface area (Å²) < 4.78 is 0. The van der Waals surface area contributed by atoms with Crippen molar-refractivity contribution >= 4 is 11.7 Å². The fourth-order valence-corrected chi connectivity index (χ4v) is 3.00. The first-order valence-electron chi connectivity index (χ1n) is 7.95. The van der Waals surface area contributed by atoms with Gasteiger partial charge in [0.25, 0.3) is 0 Å². The average Bonchev–Trinajstić information content (AvgIpc) is 2.86. The molecule has 1 aromatic rings. The molecule has 0 aromatic heterocycles. The summed E-state index contributed by atoms with van der Waals surface area (Å²) in [6.45, 7) is 7.31. The third-order valence-corrected chi connectivity index (χ3v) is 4.30. The lowest BCUT2D eigenvalue weighted by Gasteiger charge is -2.25. The van der Waals surface area contributed by atoms with E-state index in [0.717, 1.165) is 25.1 Å². The van der Waals surface area contributed by atoms with Gasteiger partial charge in [-0.1, -0.05) is 31.9 Å². The maximum absolute atomic E-state index is 12.1. The fourth-order valence-electron chi connectivity index (χ4n) is 3.00. The van der Waals surface area contributed by atoms with Gasteiger partial charge in [0.15, 0.2) is 0 Å². The van der Waals surface area contributed by atoms with E-state index in [1.807, 2.05) is 12.1 Å². The SMILES string of the molecule is CCNC(C)c1ccc(NC(=O)NC2(C)CCCC2)cc1.